The molecule has 1 atom stereocenters. The average molecular weight is 326 g/mol. The van der Waals surface area contributed by atoms with Crippen LogP contribution in [-0.2, 0) is 4.79 Å². The molecule has 1 aromatic rings. The zero-order chi connectivity index (χ0) is 16.4. The van der Waals surface area contributed by atoms with Crippen molar-refractivity contribution in [1.82, 2.24) is 14.9 Å². The summed E-state index contributed by atoms with van der Waals surface area (Å²) < 4.78 is 0. The lowest BCUT2D eigenvalue weighted by Gasteiger charge is -2.40. The molecular weight excluding hydrogens is 300 g/mol. The van der Waals surface area contributed by atoms with E-state index in [2.05, 4.69) is 31.9 Å². The van der Waals surface area contributed by atoms with E-state index in [0.29, 0.717) is 18.0 Å². The molecule has 3 aliphatic rings. The van der Waals surface area contributed by atoms with Crippen molar-refractivity contribution >= 4 is 11.7 Å². The SMILES string of the molecule is O=C(C1CC=CCC1)N1CCC(N(c2ccncn2)C2CC2)CC1. The lowest BCUT2D eigenvalue weighted by molar-refractivity contribution is -0.136. The van der Waals surface area contributed by atoms with E-state index < -0.39 is 0 Å². The van der Waals surface area contributed by atoms with E-state index in [1.807, 2.05) is 12.3 Å². The first-order valence-electron chi connectivity index (χ1n) is 9.31. The summed E-state index contributed by atoms with van der Waals surface area (Å²) in [5.74, 6) is 1.64. The molecule has 0 radical (unpaired) electrons. The molecule has 1 saturated heterocycles. The first-order chi connectivity index (χ1) is 11.8. The Balaban J connectivity index is 1.38. The second-order valence-electron chi connectivity index (χ2n) is 7.24. The van der Waals surface area contributed by atoms with Gasteiger partial charge in [-0.2, -0.15) is 0 Å². The molecule has 5 nitrogen and oxygen atoms in total. The number of carbonyl (C=O) groups excluding carboxylic acids is 1. The van der Waals surface area contributed by atoms with E-state index in [0.717, 1.165) is 51.0 Å². The maximum absolute atomic E-state index is 12.7. The molecule has 128 valence electrons. The maximum Gasteiger partial charge on any atom is 0.226 e. The number of carbonyl (C=O) groups is 1. The Bertz CT molecular complexity index is 591. The predicted molar refractivity (Wildman–Crippen MR) is 93.6 cm³/mol. The minimum atomic E-state index is 0.216. The van der Waals surface area contributed by atoms with Crippen molar-refractivity contribution in [1.29, 1.82) is 0 Å². The number of hydrogen-bond acceptors (Lipinski definition) is 4. The first kappa shape index (κ1) is 15.6. The van der Waals surface area contributed by atoms with Gasteiger partial charge < -0.3 is 9.80 Å². The van der Waals surface area contributed by atoms with Gasteiger partial charge in [0.25, 0.3) is 0 Å². The van der Waals surface area contributed by atoms with Gasteiger partial charge in [-0.3, -0.25) is 4.79 Å². The highest BCUT2D eigenvalue weighted by Gasteiger charge is 2.37. The number of hydrogen-bond donors (Lipinski definition) is 0. The van der Waals surface area contributed by atoms with E-state index in [9.17, 15) is 4.79 Å². The lowest BCUT2D eigenvalue weighted by atomic mass is 9.92. The summed E-state index contributed by atoms with van der Waals surface area (Å²) in [6.45, 7) is 1.77. The van der Waals surface area contributed by atoms with Gasteiger partial charge in [0.1, 0.15) is 12.1 Å². The van der Waals surface area contributed by atoms with Gasteiger partial charge in [-0.05, 0) is 51.0 Å². The van der Waals surface area contributed by atoms with E-state index in [1.165, 1.54) is 12.8 Å². The molecule has 2 fully saturated rings. The maximum atomic E-state index is 12.7. The zero-order valence-corrected chi connectivity index (χ0v) is 14.2. The minimum absolute atomic E-state index is 0.216. The van der Waals surface area contributed by atoms with Gasteiger partial charge in [-0.1, -0.05) is 12.2 Å². The quantitative estimate of drug-likeness (QED) is 0.798. The fourth-order valence-corrected chi connectivity index (χ4v) is 4.10. The second-order valence-corrected chi connectivity index (χ2v) is 7.24. The van der Waals surface area contributed by atoms with E-state index >= 15 is 0 Å². The molecule has 1 aliphatic heterocycles. The number of allylic oxidation sites excluding steroid dienone is 2. The number of amides is 1. The van der Waals surface area contributed by atoms with Crippen LogP contribution in [0.25, 0.3) is 0 Å². The predicted octanol–water partition coefficient (Wildman–Crippen LogP) is 2.79. The van der Waals surface area contributed by atoms with Crippen molar-refractivity contribution in [2.24, 2.45) is 5.92 Å². The summed E-state index contributed by atoms with van der Waals surface area (Å²) in [6, 6.07) is 3.16. The van der Waals surface area contributed by atoms with E-state index in [1.54, 1.807) is 6.33 Å². The number of aromatic nitrogens is 2. The Morgan fingerprint density at radius 3 is 2.50 bits per heavy atom. The van der Waals surface area contributed by atoms with Crippen LogP contribution in [0.15, 0.2) is 30.7 Å². The molecule has 5 heteroatoms. The Morgan fingerprint density at radius 1 is 1.08 bits per heavy atom. The van der Waals surface area contributed by atoms with Gasteiger partial charge in [0.2, 0.25) is 5.91 Å². The molecule has 0 spiro atoms. The van der Waals surface area contributed by atoms with Crippen LogP contribution >= 0.6 is 0 Å². The summed E-state index contributed by atoms with van der Waals surface area (Å²) >= 11 is 0. The third kappa shape index (κ3) is 3.30. The van der Waals surface area contributed by atoms with Crippen LogP contribution in [0.1, 0.15) is 44.9 Å². The van der Waals surface area contributed by atoms with Gasteiger partial charge in [-0.15, -0.1) is 0 Å². The smallest absolute Gasteiger partial charge is 0.226 e. The van der Waals surface area contributed by atoms with Crippen molar-refractivity contribution in [2.45, 2.75) is 57.0 Å². The van der Waals surface area contributed by atoms with Crippen molar-refractivity contribution in [3.63, 3.8) is 0 Å². The third-order valence-corrected chi connectivity index (χ3v) is 5.56. The summed E-state index contributed by atoms with van der Waals surface area (Å²) in [5.41, 5.74) is 0. The van der Waals surface area contributed by atoms with Gasteiger partial charge in [0, 0.05) is 37.3 Å². The van der Waals surface area contributed by atoms with Crippen molar-refractivity contribution < 1.29 is 4.79 Å². The molecule has 2 aliphatic carbocycles. The fraction of sp³-hybridized carbons (Fsp3) is 0.632. The number of rotatable bonds is 4. The fourth-order valence-electron chi connectivity index (χ4n) is 4.10. The molecule has 24 heavy (non-hydrogen) atoms. The summed E-state index contributed by atoms with van der Waals surface area (Å²) in [5, 5.41) is 0. The van der Waals surface area contributed by atoms with E-state index in [-0.39, 0.29) is 5.92 Å². The molecule has 1 unspecified atom stereocenters. The number of anilines is 1. The Labute approximate surface area is 143 Å². The summed E-state index contributed by atoms with van der Waals surface area (Å²) in [4.78, 5) is 25.8. The lowest BCUT2D eigenvalue weighted by Crippen LogP contribution is -2.49. The standard InChI is InChI=1S/C19H26N4O/c24-19(15-4-2-1-3-5-15)22-12-9-17(10-13-22)23(16-6-7-16)18-8-11-20-14-21-18/h1-2,8,11,14-17H,3-7,9-10,12-13H2. The molecule has 1 aromatic heterocycles. The first-order valence-corrected chi connectivity index (χ1v) is 9.31. The molecule has 1 saturated carbocycles. The highest BCUT2D eigenvalue weighted by Crippen LogP contribution is 2.35. The Kier molecular flexibility index (Phi) is 4.50. The summed E-state index contributed by atoms with van der Waals surface area (Å²) in [6.07, 6.45) is 15.5. The monoisotopic (exact) mass is 326 g/mol. The highest BCUT2D eigenvalue weighted by atomic mass is 16.2. The van der Waals surface area contributed by atoms with Gasteiger partial charge in [0.15, 0.2) is 0 Å². The van der Waals surface area contributed by atoms with Gasteiger partial charge in [0.05, 0.1) is 0 Å². The molecule has 4 rings (SSSR count). The van der Waals surface area contributed by atoms with Crippen molar-refractivity contribution in [2.75, 3.05) is 18.0 Å². The third-order valence-electron chi connectivity index (χ3n) is 5.56. The van der Waals surface area contributed by atoms with Crippen LogP contribution in [0, 0.1) is 5.92 Å². The number of nitrogens with zero attached hydrogens (tertiary/aromatic N) is 4. The summed E-state index contributed by atoms with van der Waals surface area (Å²) in [7, 11) is 0. The second kappa shape index (κ2) is 6.91. The zero-order valence-electron chi connectivity index (χ0n) is 14.2. The molecular formula is C19H26N4O. The molecule has 0 N–H and O–H groups in total. The van der Waals surface area contributed by atoms with Crippen LogP contribution < -0.4 is 4.90 Å². The molecule has 1 amide bonds. The molecule has 2 heterocycles. The van der Waals surface area contributed by atoms with Crippen LogP contribution in [0.2, 0.25) is 0 Å². The van der Waals surface area contributed by atoms with Crippen LogP contribution in [-0.4, -0.2) is 45.9 Å². The van der Waals surface area contributed by atoms with Crippen LogP contribution in [0.5, 0.6) is 0 Å². The van der Waals surface area contributed by atoms with Crippen molar-refractivity contribution in [3.05, 3.63) is 30.7 Å². The van der Waals surface area contributed by atoms with Crippen LogP contribution in [0.3, 0.4) is 0 Å². The molecule has 0 bridgehead atoms. The normalized spacial score (nSPS) is 24.8. The largest absolute Gasteiger partial charge is 0.350 e. The minimum Gasteiger partial charge on any atom is -0.350 e. The number of piperidine rings is 1. The highest BCUT2D eigenvalue weighted by molar-refractivity contribution is 5.79. The Morgan fingerprint density at radius 2 is 1.88 bits per heavy atom. The van der Waals surface area contributed by atoms with E-state index in [4.69, 9.17) is 0 Å². The van der Waals surface area contributed by atoms with Gasteiger partial charge in [-0.25, -0.2) is 9.97 Å². The number of likely N-dealkylation sites (tertiary alicyclic amines) is 1. The van der Waals surface area contributed by atoms with Crippen LogP contribution in [0.4, 0.5) is 5.82 Å². The molecule has 0 aromatic carbocycles. The average Bonchev–Trinajstić information content (AvgIpc) is 3.49. The van der Waals surface area contributed by atoms with Crippen molar-refractivity contribution in [3.8, 4) is 0 Å². The van der Waals surface area contributed by atoms with Gasteiger partial charge >= 0.3 is 0 Å². The topological polar surface area (TPSA) is 49.3 Å². The Hall–Kier alpha value is -1.91.